The molecule has 0 saturated heterocycles. The minimum atomic E-state index is -0.657. The van der Waals surface area contributed by atoms with Crippen LogP contribution in [0.5, 0.6) is 0 Å². The molecule has 0 radical (unpaired) electrons. The van der Waals surface area contributed by atoms with Gasteiger partial charge in [-0.2, -0.15) is 5.26 Å². The summed E-state index contributed by atoms with van der Waals surface area (Å²) >= 11 is 0. The maximum absolute atomic E-state index is 13.4. The van der Waals surface area contributed by atoms with E-state index in [0.717, 1.165) is 18.9 Å². The zero-order valence-corrected chi connectivity index (χ0v) is 11.1. The van der Waals surface area contributed by atoms with Crippen LogP contribution in [0.25, 0.3) is 0 Å². The van der Waals surface area contributed by atoms with Crippen LogP contribution in [0.1, 0.15) is 35.2 Å². The molecule has 1 aromatic rings. The van der Waals surface area contributed by atoms with Crippen molar-refractivity contribution in [2.45, 2.75) is 26.2 Å². The molecule has 1 aromatic carbocycles. The fourth-order valence-corrected chi connectivity index (χ4v) is 2.83. The molecule has 0 bridgehead atoms. The van der Waals surface area contributed by atoms with Crippen LogP contribution >= 0.6 is 0 Å². The van der Waals surface area contributed by atoms with E-state index in [0.29, 0.717) is 24.2 Å². The van der Waals surface area contributed by atoms with E-state index >= 15 is 0 Å². The second-order valence-corrected chi connectivity index (χ2v) is 5.67. The van der Waals surface area contributed by atoms with Crippen molar-refractivity contribution in [1.29, 1.82) is 5.26 Å². The smallest absolute Gasteiger partial charge is 0.299 e. The van der Waals surface area contributed by atoms with Crippen molar-refractivity contribution in [3.8, 4) is 6.07 Å². The van der Waals surface area contributed by atoms with Crippen molar-refractivity contribution >= 4 is 17.4 Å². The molecule has 102 valence electrons. The number of carbonyl (C=O) groups excluding carboxylic acids is 2. The fraction of sp³-hybridized carbons (Fsp3) is 0.400. The third-order valence-electron chi connectivity index (χ3n) is 4.12. The van der Waals surface area contributed by atoms with Crippen molar-refractivity contribution in [2.24, 2.45) is 5.41 Å². The van der Waals surface area contributed by atoms with Gasteiger partial charge in [-0.3, -0.25) is 9.59 Å². The van der Waals surface area contributed by atoms with E-state index < -0.39 is 17.5 Å². The number of hydrogen-bond acceptors (Lipinski definition) is 3. The molecule has 5 heteroatoms. The summed E-state index contributed by atoms with van der Waals surface area (Å²) in [6.07, 6.45) is 2.14. The van der Waals surface area contributed by atoms with Gasteiger partial charge in [0.15, 0.2) is 0 Å². The lowest BCUT2D eigenvalue weighted by atomic mass is 10.0. The van der Waals surface area contributed by atoms with Crippen LogP contribution in [0, 0.1) is 29.5 Å². The van der Waals surface area contributed by atoms with E-state index in [4.69, 9.17) is 5.26 Å². The summed E-state index contributed by atoms with van der Waals surface area (Å²) in [6.45, 7) is 2.05. The Morgan fingerprint density at radius 2 is 2.10 bits per heavy atom. The van der Waals surface area contributed by atoms with Gasteiger partial charge in [0.05, 0.1) is 17.3 Å². The van der Waals surface area contributed by atoms with Crippen LogP contribution in [-0.4, -0.2) is 18.2 Å². The Bertz CT molecular complexity index is 671. The Balaban J connectivity index is 2.01. The number of anilines is 1. The number of nitriles is 1. The number of aryl methyl sites for hydroxylation is 1. The number of fused-ring (bicyclic) bond motifs is 1. The number of nitrogens with zero attached hydrogens (tertiary/aromatic N) is 2. The summed E-state index contributed by atoms with van der Waals surface area (Å²) in [4.78, 5) is 25.5. The van der Waals surface area contributed by atoms with E-state index in [-0.39, 0.29) is 11.0 Å². The van der Waals surface area contributed by atoms with Gasteiger partial charge >= 0.3 is 0 Å². The predicted octanol–water partition coefficient (Wildman–Crippen LogP) is 2.36. The minimum Gasteiger partial charge on any atom is -0.304 e. The first-order valence-corrected chi connectivity index (χ1v) is 6.51. The van der Waals surface area contributed by atoms with Crippen molar-refractivity contribution < 1.29 is 14.0 Å². The summed E-state index contributed by atoms with van der Waals surface area (Å²) in [5.74, 6) is -1.78. The Labute approximate surface area is 115 Å². The predicted molar refractivity (Wildman–Crippen MR) is 69.7 cm³/mol. The third-order valence-corrected chi connectivity index (χ3v) is 4.12. The van der Waals surface area contributed by atoms with Crippen molar-refractivity contribution in [3.05, 3.63) is 29.1 Å². The number of carbonyl (C=O) groups is 2. The molecule has 0 N–H and O–H groups in total. The largest absolute Gasteiger partial charge is 0.304 e. The molecule has 1 saturated carbocycles. The molecule has 1 heterocycles. The van der Waals surface area contributed by atoms with Gasteiger partial charge < -0.3 is 4.90 Å². The highest BCUT2D eigenvalue weighted by Crippen LogP contribution is 2.50. The second-order valence-electron chi connectivity index (χ2n) is 5.67. The molecule has 4 nitrogen and oxygen atoms in total. The molecule has 1 fully saturated rings. The van der Waals surface area contributed by atoms with Crippen LogP contribution in [0.2, 0.25) is 0 Å². The fourth-order valence-electron chi connectivity index (χ4n) is 2.83. The number of rotatable bonds is 3. The molecule has 0 aromatic heterocycles. The van der Waals surface area contributed by atoms with E-state index in [1.165, 1.54) is 11.0 Å². The minimum absolute atomic E-state index is 0.139. The maximum Gasteiger partial charge on any atom is 0.299 e. The van der Waals surface area contributed by atoms with E-state index in [2.05, 4.69) is 6.07 Å². The standard InChI is InChI=1S/C15H13FN2O2/c1-9-6-10(16)7-11-12(9)18(14(20)13(11)19)8-15(2-3-15)4-5-17/h6-7H,2-4,8H2,1H3. The number of Topliss-reactive ketones (excluding diaryl/α,β-unsaturated/α-hetero) is 1. The first-order valence-electron chi connectivity index (χ1n) is 6.51. The zero-order chi connectivity index (χ0) is 14.5. The summed E-state index contributed by atoms with van der Waals surface area (Å²) < 4.78 is 13.4. The Hall–Kier alpha value is -2.22. The van der Waals surface area contributed by atoms with Crippen molar-refractivity contribution in [1.82, 2.24) is 0 Å². The van der Waals surface area contributed by atoms with Crippen LogP contribution in [0.4, 0.5) is 10.1 Å². The molecule has 0 atom stereocenters. The topological polar surface area (TPSA) is 61.2 Å². The highest BCUT2D eigenvalue weighted by atomic mass is 19.1. The van der Waals surface area contributed by atoms with Gasteiger partial charge in [0.2, 0.25) is 0 Å². The number of halogens is 1. The molecule has 3 rings (SSSR count). The number of benzene rings is 1. The van der Waals surface area contributed by atoms with Gasteiger partial charge in [0, 0.05) is 18.4 Å². The molecular formula is C15H13FN2O2. The van der Waals surface area contributed by atoms with E-state index in [9.17, 15) is 14.0 Å². The Morgan fingerprint density at radius 1 is 1.40 bits per heavy atom. The van der Waals surface area contributed by atoms with Crippen molar-refractivity contribution in [2.75, 3.05) is 11.4 Å². The van der Waals surface area contributed by atoms with Crippen LogP contribution in [0.3, 0.4) is 0 Å². The summed E-state index contributed by atoms with van der Waals surface area (Å²) in [5.41, 5.74) is 1.03. The highest BCUT2D eigenvalue weighted by molar-refractivity contribution is 6.52. The molecule has 20 heavy (non-hydrogen) atoms. The molecular weight excluding hydrogens is 259 g/mol. The summed E-state index contributed by atoms with van der Waals surface area (Å²) in [6, 6.07) is 4.57. The van der Waals surface area contributed by atoms with Crippen LogP contribution in [0.15, 0.2) is 12.1 Å². The van der Waals surface area contributed by atoms with Gasteiger partial charge in [-0.05, 0) is 37.5 Å². The van der Waals surface area contributed by atoms with Crippen LogP contribution in [-0.2, 0) is 4.79 Å². The SMILES string of the molecule is Cc1cc(F)cc2c1N(CC1(CC#N)CC1)C(=O)C2=O. The van der Waals surface area contributed by atoms with Gasteiger partial charge in [-0.25, -0.2) is 4.39 Å². The average molecular weight is 272 g/mol. The van der Waals surface area contributed by atoms with Gasteiger partial charge in [-0.15, -0.1) is 0 Å². The third kappa shape index (κ3) is 1.80. The molecule has 1 amide bonds. The zero-order valence-electron chi connectivity index (χ0n) is 11.1. The normalized spacial score (nSPS) is 18.9. The van der Waals surface area contributed by atoms with Gasteiger partial charge in [0.1, 0.15) is 5.82 Å². The van der Waals surface area contributed by atoms with E-state index in [1.54, 1.807) is 6.92 Å². The molecule has 2 aliphatic rings. The summed E-state index contributed by atoms with van der Waals surface area (Å²) in [5, 5.41) is 8.85. The lowest BCUT2D eigenvalue weighted by molar-refractivity contribution is -0.114. The quantitative estimate of drug-likeness (QED) is 0.793. The number of ketones is 1. The Morgan fingerprint density at radius 3 is 2.70 bits per heavy atom. The average Bonchev–Trinajstić information content (AvgIpc) is 3.10. The lowest BCUT2D eigenvalue weighted by Crippen LogP contribution is -2.35. The summed E-state index contributed by atoms with van der Waals surface area (Å²) in [7, 11) is 0. The highest BCUT2D eigenvalue weighted by Gasteiger charge is 2.48. The molecule has 1 aliphatic carbocycles. The molecule has 0 spiro atoms. The lowest BCUT2D eigenvalue weighted by Gasteiger charge is -2.23. The van der Waals surface area contributed by atoms with Crippen LogP contribution < -0.4 is 4.90 Å². The number of hydrogen-bond donors (Lipinski definition) is 0. The molecule has 1 aliphatic heterocycles. The second kappa shape index (κ2) is 4.14. The van der Waals surface area contributed by atoms with E-state index in [1.807, 2.05) is 0 Å². The monoisotopic (exact) mass is 272 g/mol. The van der Waals surface area contributed by atoms with Gasteiger partial charge in [0.25, 0.3) is 11.7 Å². The maximum atomic E-state index is 13.4. The van der Waals surface area contributed by atoms with Gasteiger partial charge in [-0.1, -0.05) is 0 Å². The number of amides is 1. The Kier molecular flexibility index (Phi) is 2.65. The van der Waals surface area contributed by atoms with Crippen molar-refractivity contribution in [3.63, 3.8) is 0 Å². The first-order chi connectivity index (χ1) is 9.47. The first kappa shape index (κ1) is 12.8. The molecule has 0 unspecified atom stereocenters.